The Kier molecular flexibility index (Phi) is 5.16. The number of aromatic hydroxyl groups is 1. The fourth-order valence-electron chi connectivity index (χ4n) is 2.01. The van der Waals surface area contributed by atoms with E-state index in [1.54, 1.807) is 12.1 Å². The van der Waals surface area contributed by atoms with Crippen molar-refractivity contribution in [3.05, 3.63) is 65.7 Å². The highest BCUT2D eigenvalue weighted by Crippen LogP contribution is 2.27. The zero-order chi connectivity index (χ0) is 14.4. The van der Waals surface area contributed by atoms with Crippen LogP contribution in [0.1, 0.15) is 17.2 Å². The van der Waals surface area contributed by atoms with Crippen LogP contribution in [-0.2, 0) is 4.74 Å². The number of phenols is 1. The van der Waals surface area contributed by atoms with Crippen molar-refractivity contribution in [2.45, 2.75) is 6.10 Å². The van der Waals surface area contributed by atoms with Crippen LogP contribution in [0.5, 0.6) is 5.75 Å². The van der Waals surface area contributed by atoms with Crippen LogP contribution in [0.2, 0.25) is 0 Å². The van der Waals surface area contributed by atoms with Crippen LogP contribution in [0.15, 0.2) is 54.6 Å². The average molecular weight is 271 g/mol. The quantitative estimate of drug-likeness (QED) is 0.876. The maximum atomic E-state index is 9.41. The second kappa shape index (κ2) is 7.08. The molecule has 2 aromatic carbocycles. The van der Waals surface area contributed by atoms with Crippen molar-refractivity contribution in [3.8, 4) is 5.75 Å². The van der Waals surface area contributed by atoms with Gasteiger partial charge in [-0.15, -0.1) is 0 Å². The first-order valence-corrected chi connectivity index (χ1v) is 6.77. The third-order valence-corrected chi connectivity index (χ3v) is 3.12. The standard InChI is InChI=1S/C17H21NO2/c1-18(2)12-13-20-17(14-6-4-3-5-7-14)15-8-10-16(19)11-9-15/h3-11,17,19H,12-13H2,1-2H3. The third kappa shape index (κ3) is 4.08. The van der Waals surface area contributed by atoms with Gasteiger partial charge in [-0.2, -0.15) is 0 Å². The number of phenolic OH excluding ortho intramolecular Hbond substituents is 1. The lowest BCUT2D eigenvalue weighted by molar-refractivity contribution is 0.0687. The predicted octanol–water partition coefficient (Wildman–Crippen LogP) is 3.06. The highest BCUT2D eigenvalue weighted by molar-refractivity contribution is 5.33. The molecule has 1 unspecified atom stereocenters. The Hall–Kier alpha value is -1.84. The summed E-state index contributed by atoms with van der Waals surface area (Å²) in [5.74, 6) is 0.272. The molecule has 0 fully saturated rings. The minimum atomic E-state index is -0.100. The van der Waals surface area contributed by atoms with E-state index in [1.807, 2.05) is 44.4 Å². The highest BCUT2D eigenvalue weighted by Gasteiger charge is 2.14. The van der Waals surface area contributed by atoms with Gasteiger partial charge in [0.1, 0.15) is 11.9 Å². The van der Waals surface area contributed by atoms with Gasteiger partial charge in [-0.1, -0.05) is 42.5 Å². The third-order valence-electron chi connectivity index (χ3n) is 3.12. The molecular formula is C17H21NO2. The number of rotatable bonds is 6. The van der Waals surface area contributed by atoms with Gasteiger partial charge in [0, 0.05) is 6.54 Å². The SMILES string of the molecule is CN(C)CCOC(c1ccccc1)c1ccc(O)cc1. The predicted molar refractivity (Wildman–Crippen MR) is 80.9 cm³/mol. The van der Waals surface area contributed by atoms with E-state index in [9.17, 15) is 5.11 Å². The van der Waals surface area contributed by atoms with Gasteiger partial charge in [-0.05, 0) is 37.4 Å². The van der Waals surface area contributed by atoms with Crippen molar-refractivity contribution in [1.29, 1.82) is 0 Å². The largest absolute Gasteiger partial charge is 0.508 e. The van der Waals surface area contributed by atoms with Gasteiger partial charge in [0.2, 0.25) is 0 Å². The van der Waals surface area contributed by atoms with Crippen LogP contribution in [-0.4, -0.2) is 37.3 Å². The number of nitrogens with zero attached hydrogens (tertiary/aromatic N) is 1. The minimum absolute atomic E-state index is 0.100. The molecule has 0 bridgehead atoms. The summed E-state index contributed by atoms with van der Waals surface area (Å²) in [6, 6.07) is 17.3. The lowest BCUT2D eigenvalue weighted by atomic mass is 10.0. The Labute approximate surface area is 120 Å². The monoisotopic (exact) mass is 271 g/mol. The van der Waals surface area contributed by atoms with Gasteiger partial charge in [-0.25, -0.2) is 0 Å². The van der Waals surface area contributed by atoms with Gasteiger partial charge in [-0.3, -0.25) is 0 Å². The zero-order valence-electron chi connectivity index (χ0n) is 12.0. The van der Waals surface area contributed by atoms with Crippen molar-refractivity contribution in [3.63, 3.8) is 0 Å². The van der Waals surface area contributed by atoms with E-state index >= 15 is 0 Å². The van der Waals surface area contributed by atoms with Crippen molar-refractivity contribution in [2.75, 3.05) is 27.2 Å². The molecule has 0 spiro atoms. The van der Waals surface area contributed by atoms with Crippen LogP contribution in [0.25, 0.3) is 0 Å². The molecule has 106 valence electrons. The van der Waals surface area contributed by atoms with Gasteiger partial charge >= 0.3 is 0 Å². The lowest BCUT2D eigenvalue weighted by Gasteiger charge is -2.20. The first kappa shape index (κ1) is 14.6. The number of ether oxygens (including phenoxy) is 1. The fourth-order valence-corrected chi connectivity index (χ4v) is 2.01. The second-order valence-electron chi connectivity index (χ2n) is 5.06. The molecular weight excluding hydrogens is 250 g/mol. The van der Waals surface area contributed by atoms with Crippen molar-refractivity contribution in [1.82, 2.24) is 4.90 Å². The molecule has 0 saturated heterocycles. The molecule has 0 aliphatic carbocycles. The van der Waals surface area contributed by atoms with E-state index in [0.717, 1.165) is 17.7 Å². The molecule has 1 N–H and O–H groups in total. The van der Waals surface area contributed by atoms with Crippen LogP contribution >= 0.6 is 0 Å². The van der Waals surface area contributed by atoms with E-state index in [0.29, 0.717) is 6.61 Å². The van der Waals surface area contributed by atoms with E-state index in [1.165, 1.54) is 0 Å². The van der Waals surface area contributed by atoms with Crippen molar-refractivity contribution < 1.29 is 9.84 Å². The molecule has 20 heavy (non-hydrogen) atoms. The molecule has 3 nitrogen and oxygen atoms in total. The molecule has 2 rings (SSSR count). The summed E-state index contributed by atoms with van der Waals surface area (Å²) in [7, 11) is 4.06. The van der Waals surface area contributed by atoms with Crippen LogP contribution in [0, 0.1) is 0 Å². The molecule has 1 atom stereocenters. The molecule has 0 radical (unpaired) electrons. The van der Waals surface area contributed by atoms with E-state index < -0.39 is 0 Å². The van der Waals surface area contributed by atoms with E-state index in [2.05, 4.69) is 17.0 Å². The summed E-state index contributed by atoms with van der Waals surface area (Å²) in [4.78, 5) is 2.10. The summed E-state index contributed by atoms with van der Waals surface area (Å²) in [5, 5.41) is 9.41. The van der Waals surface area contributed by atoms with Crippen LogP contribution in [0.3, 0.4) is 0 Å². The van der Waals surface area contributed by atoms with Gasteiger partial charge in [0.15, 0.2) is 0 Å². The maximum Gasteiger partial charge on any atom is 0.115 e. The maximum absolute atomic E-state index is 9.41. The molecule has 0 amide bonds. The fraction of sp³-hybridized carbons (Fsp3) is 0.294. The molecule has 0 saturated carbocycles. The molecule has 0 aliphatic rings. The summed E-state index contributed by atoms with van der Waals surface area (Å²) in [6.07, 6.45) is -0.100. The molecule has 0 aromatic heterocycles. The number of hydrogen-bond acceptors (Lipinski definition) is 3. The van der Waals surface area contributed by atoms with Gasteiger partial charge < -0.3 is 14.7 Å². The Morgan fingerprint density at radius 1 is 0.950 bits per heavy atom. The number of benzene rings is 2. The Morgan fingerprint density at radius 2 is 1.55 bits per heavy atom. The first-order valence-electron chi connectivity index (χ1n) is 6.77. The van der Waals surface area contributed by atoms with Crippen molar-refractivity contribution in [2.24, 2.45) is 0 Å². The van der Waals surface area contributed by atoms with Crippen molar-refractivity contribution >= 4 is 0 Å². The van der Waals surface area contributed by atoms with E-state index in [-0.39, 0.29) is 11.9 Å². The van der Waals surface area contributed by atoms with Gasteiger partial charge in [0.05, 0.1) is 6.61 Å². The topological polar surface area (TPSA) is 32.7 Å². The summed E-state index contributed by atoms with van der Waals surface area (Å²) < 4.78 is 6.04. The number of hydrogen-bond donors (Lipinski definition) is 1. The average Bonchev–Trinajstić information content (AvgIpc) is 2.46. The smallest absolute Gasteiger partial charge is 0.115 e. The minimum Gasteiger partial charge on any atom is -0.508 e. The molecule has 0 heterocycles. The first-order chi connectivity index (χ1) is 9.66. The highest BCUT2D eigenvalue weighted by atomic mass is 16.5. The zero-order valence-corrected chi connectivity index (χ0v) is 12.0. The summed E-state index contributed by atoms with van der Waals surface area (Å²) in [6.45, 7) is 1.54. The molecule has 0 aliphatic heterocycles. The Morgan fingerprint density at radius 3 is 2.15 bits per heavy atom. The summed E-state index contributed by atoms with van der Waals surface area (Å²) in [5.41, 5.74) is 2.17. The van der Waals surface area contributed by atoms with Crippen LogP contribution < -0.4 is 0 Å². The molecule has 2 aromatic rings. The van der Waals surface area contributed by atoms with Crippen LogP contribution in [0.4, 0.5) is 0 Å². The second-order valence-corrected chi connectivity index (χ2v) is 5.06. The Bertz CT molecular complexity index is 508. The van der Waals surface area contributed by atoms with E-state index in [4.69, 9.17) is 4.74 Å². The lowest BCUT2D eigenvalue weighted by Crippen LogP contribution is -2.20. The summed E-state index contributed by atoms with van der Waals surface area (Å²) >= 11 is 0. The molecule has 3 heteroatoms. The Balaban J connectivity index is 2.18. The normalized spacial score (nSPS) is 12.6. The number of likely N-dealkylation sites (N-methyl/N-ethyl adjacent to an activating group) is 1. The van der Waals surface area contributed by atoms with Gasteiger partial charge in [0.25, 0.3) is 0 Å².